The van der Waals surface area contributed by atoms with Crippen molar-refractivity contribution in [2.45, 2.75) is 38.0 Å². The zero-order valence-electron chi connectivity index (χ0n) is 14.6. The van der Waals surface area contributed by atoms with Gasteiger partial charge in [-0.05, 0) is 25.5 Å². The van der Waals surface area contributed by atoms with Gasteiger partial charge in [0, 0.05) is 44.0 Å². The number of hydrogen-bond acceptors (Lipinski definition) is 5. The molecule has 0 amide bonds. The molecule has 130 valence electrons. The minimum atomic E-state index is 0.265. The molecule has 1 N–H and O–H groups in total. The molecule has 1 aromatic heterocycles. The summed E-state index contributed by atoms with van der Waals surface area (Å²) in [5.74, 6) is 2.06. The van der Waals surface area contributed by atoms with Gasteiger partial charge in [-0.3, -0.25) is 4.99 Å². The minimum absolute atomic E-state index is 0.265. The van der Waals surface area contributed by atoms with Crippen molar-refractivity contribution in [2.24, 2.45) is 4.99 Å². The Morgan fingerprint density at radius 3 is 2.83 bits per heavy atom. The van der Waals surface area contributed by atoms with Crippen molar-refractivity contribution in [1.82, 2.24) is 15.2 Å². The number of ether oxygens (including phenoxy) is 1. The molecule has 1 aromatic rings. The summed E-state index contributed by atoms with van der Waals surface area (Å²) >= 11 is 3.74. The van der Waals surface area contributed by atoms with E-state index in [0.29, 0.717) is 0 Å². The number of hydrogen-bond donors (Lipinski definition) is 1. The summed E-state index contributed by atoms with van der Waals surface area (Å²) in [5, 5.41) is 6.79. The maximum Gasteiger partial charge on any atom is 0.193 e. The van der Waals surface area contributed by atoms with Crippen molar-refractivity contribution in [2.75, 3.05) is 39.6 Å². The van der Waals surface area contributed by atoms with Crippen molar-refractivity contribution in [1.29, 1.82) is 0 Å². The standard InChI is InChI=1S/C16H28N4OS2/c1-5-23-16(6-8-21-9-7-16)12-18-15(17-3)20(4)10-14-11-22-13(2)19-14/h11H,5-10,12H2,1-4H3,(H,17,18). The first kappa shape index (κ1) is 18.5. The SMILES string of the molecule is CCSC1(CNC(=NC)N(C)Cc2csc(C)n2)CCOCC1. The quantitative estimate of drug-likeness (QED) is 0.627. The van der Waals surface area contributed by atoms with E-state index in [1.165, 1.54) is 0 Å². The van der Waals surface area contributed by atoms with Gasteiger partial charge in [0.05, 0.1) is 17.2 Å². The first-order valence-corrected chi connectivity index (χ1v) is 9.99. The van der Waals surface area contributed by atoms with Crippen LogP contribution in [0, 0.1) is 6.92 Å². The molecule has 0 atom stereocenters. The summed E-state index contributed by atoms with van der Waals surface area (Å²) in [7, 11) is 3.91. The first-order chi connectivity index (χ1) is 11.1. The van der Waals surface area contributed by atoms with Gasteiger partial charge >= 0.3 is 0 Å². The van der Waals surface area contributed by atoms with Crippen LogP contribution >= 0.6 is 23.1 Å². The van der Waals surface area contributed by atoms with Crippen molar-refractivity contribution in [3.05, 3.63) is 16.1 Å². The molecule has 0 spiro atoms. The number of thiazole rings is 1. The van der Waals surface area contributed by atoms with E-state index in [4.69, 9.17) is 4.74 Å². The average molecular weight is 357 g/mol. The largest absolute Gasteiger partial charge is 0.381 e. The topological polar surface area (TPSA) is 49.8 Å². The van der Waals surface area contributed by atoms with Gasteiger partial charge in [0.25, 0.3) is 0 Å². The Morgan fingerprint density at radius 2 is 2.26 bits per heavy atom. The highest BCUT2D eigenvalue weighted by molar-refractivity contribution is 8.00. The van der Waals surface area contributed by atoms with E-state index in [9.17, 15) is 0 Å². The first-order valence-electron chi connectivity index (χ1n) is 8.13. The molecule has 0 saturated carbocycles. The number of guanidine groups is 1. The molecule has 0 radical (unpaired) electrons. The summed E-state index contributed by atoms with van der Waals surface area (Å²) in [6.45, 7) is 7.71. The number of nitrogens with one attached hydrogen (secondary N) is 1. The average Bonchev–Trinajstić information content (AvgIpc) is 2.94. The van der Waals surface area contributed by atoms with E-state index in [1.54, 1.807) is 11.3 Å². The molecule has 23 heavy (non-hydrogen) atoms. The Hall–Kier alpha value is -0.790. The van der Waals surface area contributed by atoms with Gasteiger partial charge in [0.15, 0.2) is 5.96 Å². The maximum absolute atomic E-state index is 5.54. The Kier molecular flexibility index (Phi) is 7.17. The van der Waals surface area contributed by atoms with Gasteiger partial charge in [0.1, 0.15) is 0 Å². The molecular weight excluding hydrogens is 328 g/mol. The van der Waals surface area contributed by atoms with E-state index in [1.807, 2.05) is 25.7 Å². The lowest BCUT2D eigenvalue weighted by atomic mass is 9.99. The van der Waals surface area contributed by atoms with Crippen LogP contribution in [0.3, 0.4) is 0 Å². The van der Waals surface area contributed by atoms with Crippen molar-refractivity contribution < 1.29 is 4.74 Å². The van der Waals surface area contributed by atoms with Crippen LogP contribution in [-0.4, -0.2) is 60.2 Å². The third-order valence-corrected chi connectivity index (χ3v) is 6.34. The smallest absolute Gasteiger partial charge is 0.193 e. The number of aliphatic imine (C=N–C) groups is 1. The molecule has 1 aliphatic rings. The number of aryl methyl sites for hydroxylation is 1. The number of rotatable bonds is 6. The fourth-order valence-corrected chi connectivity index (χ4v) is 4.69. The number of nitrogens with zero attached hydrogens (tertiary/aromatic N) is 3. The van der Waals surface area contributed by atoms with Gasteiger partial charge in [-0.2, -0.15) is 11.8 Å². The van der Waals surface area contributed by atoms with Gasteiger partial charge in [0.2, 0.25) is 0 Å². The molecule has 1 fully saturated rings. The summed E-state index contributed by atoms with van der Waals surface area (Å²) in [4.78, 5) is 11.1. The highest BCUT2D eigenvalue weighted by atomic mass is 32.2. The third-order valence-electron chi connectivity index (χ3n) is 4.06. The number of aromatic nitrogens is 1. The lowest BCUT2D eigenvalue weighted by molar-refractivity contribution is 0.0780. The van der Waals surface area contributed by atoms with E-state index >= 15 is 0 Å². The normalized spacial score (nSPS) is 18.0. The van der Waals surface area contributed by atoms with Gasteiger partial charge < -0.3 is 15.0 Å². The lowest BCUT2D eigenvalue weighted by Crippen LogP contribution is -2.48. The molecule has 1 saturated heterocycles. The zero-order chi connectivity index (χ0) is 16.7. The lowest BCUT2D eigenvalue weighted by Gasteiger charge is -2.37. The Bertz CT molecular complexity index is 506. The van der Waals surface area contributed by atoms with Crippen LogP contribution < -0.4 is 5.32 Å². The van der Waals surface area contributed by atoms with Crippen LogP contribution in [0.2, 0.25) is 0 Å². The number of thioether (sulfide) groups is 1. The monoisotopic (exact) mass is 356 g/mol. The molecule has 0 aromatic carbocycles. The summed E-state index contributed by atoms with van der Waals surface area (Å²) < 4.78 is 5.81. The second-order valence-corrected chi connectivity index (χ2v) is 8.64. The van der Waals surface area contributed by atoms with Crippen LogP contribution in [0.15, 0.2) is 10.4 Å². The van der Waals surface area contributed by atoms with Crippen LogP contribution in [-0.2, 0) is 11.3 Å². The summed E-state index contributed by atoms with van der Waals surface area (Å²) in [6, 6.07) is 0. The molecule has 2 heterocycles. The fourth-order valence-electron chi connectivity index (χ4n) is 2.85. The molecule has 5 nitrogen and oxygen atoms in total. The Morgan fingerprint density at radius 1 is 1.52 bits per heavy atom. The van der Waals surface area contributed by atoms with E-state index < -0.39 is 0 Å². The van der Waals surface area contributed by atoms with Crippen molar-refractivity contribution >= 4 is 29.1 Å². The predicted octanol–water partition coefficient (Wildman–Crippen LogP) is 2.76. The van der Waals surface area contributed by atoms with E-state index in [0.717, 1.165) is 61.6 Å². The molecule has 1 aliphatic heterocycles. The Labute approximate surface area is 147 Å². The molecule has 0 unspecified atom stereocenters. The molecule has 0 aliphatic carbocycles. The van der Waals surface area contributed by atoms with Crippen LogP contribution in [0.5, 0.6) is 0 Å². The second kappa shape index (κ2) is 8.89. The third kappa shape index (κ3) is 5.36. The van der Waals surface area contributed by atoms with Crippen molar-refractivity contribution in [3.63, 3.8) is 0 Å². The maximum atomic E-state index is 5.54. The van der Waals surface area contributed by atoms with Gasteiger partial charge in [-0.25, -0.2) is 4.98 Å². The van der Waals surface area contributed by atoms with Crippen LogP contribution in [0.4, 0.5) is 0 Å². The molecule has 7 heteroatoms. The van der Waals surface area contributed by atoms with Crippen LogP contribution in [0.1, 0.15) is 30.5 Å². The van der Waals surface area contributed by atoms with E-state index in [-0.39, 0.29) is 4.75 Å². The highest BCUT2D eigenvalue weighted by Crippen LogP contribution is 2.34. The Balaban J connectivity index is 1.92. The molecular formula is C16H28N4OS2. The second-order valence-electron chi connectivity index (χ2n) is 5.84. The zero-order valence-corrected chi connectivity index (χ0v) is 16.2. The summed E-state index contributed by atoms with van der Waals surface area (Å²) in [5.41, 5.74) is 1.10. The summed E-state index contributed by atoms with van der Waals surface area (Å²) in [6.07, 6.45) is 2.20. The van der Waals surface area contributed by atoms with Crippen LogP contribution in [0.25, 0.3) is 0 Å². The fraction of sp³-hybridized carbons (Fsp3) is 0.750. The molecule has 2 rings (SSSR count). The minimum Gasteiger partial charge on any atom is -0.381 e. The predicted molar refractivity (Wildman–Crippen MR) is 101 cm³/mol. The van der Waals surface area contributed by atoms with Gasteiger partial charge in [-0.15, -0.1) is 11.3 Å². The highest BCUT2D eigenvalue weighted by Gasteiger charge is 2.33. The van der Waals surface area contributed by atoms with E-state index in [2.05, 4.69) is 39.5 Å². The van der Waals surface area contributed by atoms with Gasteiger partial charge in [-0.1, -0.05) is 6.92 Å². The van der Waals surface area contributed by atoms with Crippen molar-refractivity contribution in [3.8, 4) is 0 Å². The molecule has 0 bridgehead atoms.